The van der Waals surface area contributed by atoms with Gasteiger partial charge in [-0.25, -0.2) is 12.8 Å². The topological polar surface area (TPSA) is 75.7 Å². The van der Waals surface area contributed by atoms with Gasteiger partial charge in [-0.15, -0.1) is 0 Å². The number of halogens is 2. The Bertz CT molecular complexity index is 965. The number of sulfonamides is 1. The van der Waals surface area contributed by atoms with Gasteiger partial charge in [-0.1, -0.05) is 6.07 Å². The van der Waals surface area contributed by atoms with Gasteiger partial charge in [-0.3, -0.25) is 9.52 Å². The zero-order valence-corrected chi connectivity index (χ0v) is 15.7. The molecule has 1 unspecified atom stereocenters. The molecule has 0 saturated heterocycles. The van der Waals surface area contributed by atoms with Crippen LogP contribution in [0.4, 0.5) is 15.8 Å². The van der Waals surface area contributed by atoms with Crippen LogP contribution in [0, 0.1) is 5.82 Å². The van der Waals surface area contributed by atoms with Crippen molar-refractivity contribution in [3.8, 4) is 5.75 Å². The van der Waals surface area contributed by atoms with Gasteiger partial charge in [-0.2, -0.15) is 0 Å². The molecule has 0 radical (unpaired) electrons. The molecule has 2 aromatic rings. The first-order chi connectivity index (χ1) is 11.7. The highest BCUT2D eigenvalue weighted by atomic mass is 79.9. The van der Waals surface area contributed by atoms with Crippen LogP contribution in [-0.2, 0) is 14.8 Å². The Morgan fingerprint density at radius 3 is 2.68 bits per heavy atom. The second kappa shape index (κ2) is 6.30. The van der Waals surface area contributed by atoms with Crippen LogP contribution in [0.1, 0.15) is 6.92 Å². The Balaban J connectivity index is 2.03. The maximum Gasteiger partial charge on any atom is 0.267 e. The standard InChI is InChI=1S/C16H14BrFN2O4S/c1-9-16(21)20(2)13-7-12(17)15(8-14(13)24-9)25(22,23)19-11-5-3-4-10(18)6-11/h3-9,19H,1-2H3. The third-order valence-corrected chi connectivity index (χ3v) is 6.06. The molecule has 25 heavy (non-hydrogen) atoms. The van der Waals surface area contributed by atoms with Crippen LogP contribution in [0.5, 0.6) is 5.75 Å². The lowest BCUT2D eigenvalue weighted by Gasteiger charge is -2.30. The number of nitrogens with one attached hydrogen (secondary N) is 1. The second-order valence-electron chi connectivity index (χ2n) is 5.52. The summed E-state index contributed by atoms with van der Waals surface area (Å²) in [6, 6.07) is 7.97. The van der Waals surface area contributed by atoms with E-state index in [2.05, 4.69) is 20.7 Å². The van der Waals surface area contributed by atoms with Crippen molar-refractivity contribution >= 4 is 43.2 Å². The SMILES string of the molecule is CC1Oc2cc(S(=O)(=O)Nc3cccc(F)c3)c(Br)cc2N(C)C1=O. The van der Waals surface area contributed by atoms with Crippen molar-refractivity contribution in [2.24, 2.45) is 0 Å². The fraction of sp³-hybridized carbons (Fsp3) is 0.188. The zero-order chi connectivity index (χ0) is 18.4. The van der Waals surface area contributed by atoms with Crippen molar-refractivity contribution in [3.63, 3.8) is 0 Å². The molecule has 2 aromatic carbocycles. The van der Waals surface area contributed by atoms with E-state index in [1.54, 1.807) is 14.0 Å². The molecular formula is C16H14BrFN2O4S. The van der Waals surface area contributed by atoms with E-state index in [0.29, 0.717) is 5.69 Å². The van der Waals surface area contributed by atoms with Gasteiger partial charge >= 0.3 is 0 Å². The van der Waals surface area contributed by atoms with E-state index in [1.807, 2.05) is 0 Å². The van der Waals surface area contributed by atoms with Crippen molar-refractivity contribution in [1.29, 1.82) is 0 Å². The molecule has 1 aliphatic rings. The van der Waals surface area contributed by atoms with Gasteiger partial charge in [-0.05, 0) is 47.1 Å². The quantitative estimate of drug-likeness (QED) is 0.814. The van der Waals surface area contributed by atoms with Gasteiger partial charge in [0.25, 0.3) is 15.9 Å². The molecule has 1 N–H and O–H groups in total. The largest absolute Gasteiger partial charge is 0.479 e. The molecule has 9 heteroatoms. The molecule has 0 spiro atoms. The van der Waals surface area contributed by atoms with Gasteiger partial charge in [0.05, 0.1) is 11.4 Å². The Kier molecular flexibility index (Phi) is 4.46. The van der Waals surface area contributed by atoms with E-state index in [4.69, 9.17) is 4.74 Å². The molecule has 0 aliphatic carbocycles. The van der Waals surface area contributed by atoms with Crippen LogP contribution in [0.25, 0.3) is 0 Å². The van der Waals surface area contributed by atoms with Crippen molar-refractivity contribution in [3.05, 3.63) is 46.7 Å². The van der Waals surface area contributed by atoms with Crippen molar-refractivity contribution in [2.75, 3.05) is 16.7 Å². The first-order valence-corrected chi connectivity index (χ1v) is 9.53. The summed E-state index contributed by atoms with van der Waals surface area (Å²) < 4.78 is 46.7. The fourth-order valence-corrected chi connectivity index (χ4v) is 4.58. The molecule has 132 valence electrons. The van der Waals surface area contributed by atoms with E-state index in [-0.39, 0.29) is 26.7 Å². The molecule has 0 saturated carbocycles. The van der Waals surface area contributed by atoms with Crippen LogP contribution in [0.15, 0.2) is 45.8 Å². The third kappa shape index (κ3) is 3.34. The monoisotopic (exact) mass is 428 g/mol. The van der Waals surface area contributed by atoms with Gasteiger partial charge < -0.3 is 9.64 Å². The molecule has 1 heterocycles. The lowest BCUT2D eigenvalue weighted by molar-refractivity contribution is -0.125. The van der Waals surface area contributed by atoms with Crippen LogP contribution < -0.4 is 14.4 Å². The van der Waals surface area contributed by atoms with Crippen molar-refractivity contribution < 1.29 is 22.3 Å². The Hall–Kier alpha value is -2.13. The third-order valence-electron chi connectivity index (χ3n) is 3.72. The number of nitrogens with zero attached hydrogens (tertiary/aromatic N) is 1. The van der Waals surface area contributed by atoms with Crippen LogP contribution >= 0.6 is 15.9 Å². The summed E-state index contributed by atoms with van der Waals surface area (Å²) in [6.45, 7) is 1.59. The number of carbonyl (C=O) groups excluding carboxylic acids is 1. The summed E-state index contributed by atoms with van der Waals surface area (Å²) in [5.74, 6) is -0.507. The number of anilines is 2. The van der Waals surface area contributed by atoms with E-state index in [0.717, 1.165) is 6.07 Å². The lowest BCUT2D eigenvalue weighted by Crippen LogP contribution is -2.42. The van der Waals surface area contributed by atoms with Gasteiger partial charge in [0.15, 0.2) is 6.10 Å². The molecule has 0 fully saturated rings. The maximum atomic E-state index is 13.3. The summed E-state index contributed by atoms with van der Waals surface area (Å²) in [5, 5.41) is 0. The Morgan fingerprint density at radius 1 is 1.28 bits per heavy atom. The molecule has 6 nitrogen and oxygen atoms in total. The van der Waals surface area contributed by atoms with Crippen molar-refractivity contribution in [2.45, 2.75) is 17.9 Å². The first-order valence-electron chi connectivity index (χ1n) is 7.25. The van der Waals surface area contributed by atoms with Gasteiger partial charge in [0.2, 0.25) is 0 Å². The lowest BCUT2D eigenvalue weighted by atomic mass is 10.2. The highest BCUT2D eigenvalue weighted by molar-refractivity contribution is 9.10. The van der Waals surface area contributed by atoms with Crippen LogP contribution in [-0.4, -0.2) is 27.5 Å². The predicted molar refractivity (Wildman–Crippen MR) is 94.9 cm³/mol. The average Bonchev–Trinajstić information content (AvgIpc) is 2.53. The molecule has 1 amide bonds. The molecular weight excluding hydrogens is 415 g/mol. The number of hydrogen-bond donors (Lipinski definition) is 1. The van der Waals surface area contributed by atoms with Crippen LogP contribution in [0.3, 0.4) is 0 Å². The average molecular weight is 429 g/mol. The summed E-state index contributed by atoms with van der Waals surface area (Å²) in [5.41, 5.74) is 0.561. The van der Waals surface area contributed by atoms with E-state index >= 15 is 0 Å². The number of hydrogen-bond acceptors (Lipinski definition) is 4. The second-order valence-corrected chi connectivity index (χ2v) is 8.03. The fourth-order valence-electron chi connectivity index (χ4n) is 2.48. The number of amides is 1. The normalized spacial score (nSPS) is 17.0. The Labute approximate surface area is 152 Å². The highest BCUT2D eigenvalue weighted by Gasteiger charge is 2.31. The Morgan fingerprint density at radius 2 is 2.00 bits per heavy atom. The smallest absolute Gasteiger partial charge is 0.267 e. The number of ether oxygens (including phenoxy) is 1. The number of carbonyl (C=O) groups is 1. The van der Waals surface area contributed by atoms with E-state index < -0.39 is 21.9 Å². The highest BCUT2D eigenvalue weighted by Crippen LogP contribution is 2.39. The first kappa shape index (κ1) is 17.7. The number of likely N-dealkylation sites (N-methyl/N-ethyl adjacent to an activating group) is 1. The number of rotatable bonds is 3. The zero-order valence-electron chi connectivity index (χ0n) is 13.3. The minimum atomic E-state index is -3.99. The number of fused-ring (bicyclic) bond motifs is 1. The minimum Gasteiger partial charge on any atom is -0.479 e. The molecule has 0 aromatic heterocycles. The summed E-state index contributed by atoms with van der Waals surface area (Å²) >= 11 is 3.21. The van der Waals surface area contributed by atoms with E-state index in [1.165, 1.54) is 35.2 Å². The molecule has 1 aliphatic heterocycles. The van der Waals surface area contributed by atoms with Crippen molar-refractivity contribution in [1.82, 2.24) is 0 Å². The molecule has 0 bridgehead atoms. The predicted octanol–water partition coefficient (Wildman–Crippen LogP) is 3.13. The summed E-state index contributed by atoms with van der Waals surface area (Å²) in [7, 11) is -2.40. The summed E-state index contributed by atoms with van der Waals surface area (Å²) in [4.78, 5) is 13.3. The molecule has 3 rings (SSSR count). The van der Waals surface area contributed by atoms with Gasteiger partial charge in [0.1, 0.15) is 16.5 Å². The molecule has 1 atom stereocenters. The van der Waals surface area contributed by atoms with Gasteiger partial charge in [0, 0.05) is 17.6 Å². The summed E-state index contributed by atoms with van der Waals surface area (Å²) in [6.07, 6.45) is -0.717. The van der Waals surface area contributed by atoms with Crippen LogP contribution in [0.2, 0.25) is 0 Å². The number of benzene rings is 2. The van der Waals surface area contributed by atoms with E-state index in [9.17, 15) is 17.6 Å². The maximum absolute atomic E-state index is 13.3. The minimum absolute atomic E-state index is 0.0783.